The Morgan fingerprint density at radius 2 is 1.96 bits per heavy atom. The van der Waals surface area contributed by atoms with Gasteiger partial charge in [-0.15, -0.1) is 10.2 Å². The number of nitrogens with two attached hydrogens (primary N) is 1. The van der Waals surface area contributed by atoms with Crippen molar-refractivity contribution in [2.24, 2.45) is 5.73 Å². The lowest BCUT2D eigenvalue weighted by Gasteiger charge is -2.08. The second kappa shape index (κ2) is 7.64. The van der Waals surface area contributed by atoms with E-state index in [4.69, 9.17) is 5.73 Å². The second-order valence-corrected chi connectivity index (χ2v) is 7.89. The number of carbonyl (C=O) groups is 2. The molecule has 0 spiro atoms. The van der Waals surface area contributed by atoms with Gasteiger partial charge >= 0.3 is 0 Å². The molecule has 1 aromatic carbocycles. The predicted molar refractivity (Wildman–Crippen MR) is 100 cm³/mol. The van der Waals surface area contributed by atoms with Gasteiger partial charge in [0.25, 0.3) is 0 Å². The summed E-state index contributed by atoms with van der Waals surface area (Å²) in [6, 6.07) is 7.49. The molecular formula is C16H17IN4O2S. The molecule has 0 atom stereocenters. The third-order valence-electron chi connectivity index (χ3n) is 3.77. The first-order valence-corrected chi connectivity index (χ1v) is 9.74. The Labute approximate surface area is 157 Å². The molecule has 2 N–H and O–H groups in total. The third-order valence-corrected chi connectivity index (χ3v) is 5.45. The van der Waals surface area contributed by atoms with Gasteiger partial charge in [0.1, 0.15) is 5.82 Å². The molecule has 24 heavy (non-hydrogen) atoms. The summed E-state index contributed by atoms with van der Waals surface area (Å²) in [6.45, 7) is 0.466. The highest BCUT2D eigenvalue weighted by Crippen LogP contribution is 2.40. The van der Waals surface area contributed by atoms with E-state index >= 15 is 0 Å². The van der Waals surface area contributed by atoms with Gasteiger partial charge in [0.2, 0.25) is 5.91 Å². The molecule has 2 aromatic rings. The monoisotopic (exact) mass is 456 g/mol. The molecule has 1 aromatic heterocycles. The van der Waals surface area contributed by atoms with Gasteiger partial charge in [-0.3, -0.25) is 9.59 Å². The number of aromatic nitrogens is 3. The van der Waals surface area contributed by atoms with Gasteiger partial charge in [-0.2, -0.15) is 0 Å². The number of halogens is 1. The first-order valence-electron chi connectivity index (χ1n) is 7.67. The fraction of sp³-hybridized carbons (Fsp3) is 0.375. The van der Waals surface area contributed by atoms with Gasteiger partial charge in [-0.25, -0.2) is 0 Å². The fourth-order valence-electron chi connectivity index (χ4n) is 2.33. The van der Waals surface area contributed by atoms with Crippen molar-refractivity contribution in [2.45, 2.75) is 36.9 Å². The molecule has 0 bridgehead atoms. The summed E-state index contributed by atoms with van der Waals surface area (Å²) in [5, 5.41) is 9.13. The average Bonchev–Trinajstić information content (AvgIpc) is 3.32. The minimum absolute atomic E-state index is 0.0498. The largest absolute Gasteiger partial charge is 0.370 e. The standard InChI is InChI=1S/C16H17IN4O2S/c17-12-5-3-10(4-6-12)13(22)9-24-16-20-19-15(11-1-2-11)21(16)8-7-14(18)23/h3-6,11H,1-2,7-9H2,(H2,18,23). The average molecular weight is 456 g/mol. The number of thioether (sulfide) groups is 1. The highest BCUT2D eigenvalue weighted by atomic mass is 127. The minimum Gasteiger partial charge on any atom is -0.370 e. The van der Waals surface area contributed by atoms with E-state index in [0.29, 0.717) is 28.9 Å². The molecule has 1 fully saturated rings. The lowest BCUT2D eigenvalue weighted by Crippen LogP contribution is -2.16. The minimum atomic E-state index is -0.351. The van der Waals surface area contributed by atoms with Crippen LogP contribution in [-0.2, 0) is 11.3 Å². The predicted octanol–water partition coefficient (Wildman–Crippen LogP) is 2.61. The summed E-state index contributed by atoms with van der Waals surface area (Å²) in [4.78, 5) is 23.4. The summed E-state index contributed by atoms with van der Waals surface area (Å²) in [5.74, 6) is 1.32. The van der Waals surface area contributed by atoms with E-state index in [9.17, 15) is 9.59 Å². The number of ketones is 1. The molecule has 126 valence electrons. The summed E-state index contributed by atoms with van der Waals surface area (Å²) < 4.78 is 3.03. The van der Waals surface area contributed by atoms with Crippen LogP contribution in [0.2, 0.25) is 0 Å². The summed E-state index contributed by atoms with van der Waals surface area (Å²) in [6.07, 6.45) is 2.44. The molecule has 1 amide bonds. The van der Waals surface area contributed by atoms with Crippen LogP contribution in [0.4, 0.5) is 0 Å². The molecule has 0 unspecified atom stereocenters. The molecule has 0 saturated heterocycles. The van der Waals surface area contributed by atoms with E-state index in [-0.39, 0.29) is 18.1 Å². The Morgan fingerprint density at radius 1 is 1.25 bits per heavy atom. The van der Waals surface area contributed by atoms with Gasteiger partial charge in [0.05, 0.1) is 5.75 Å². The van der Waals surface area contributed by atoms with Crippen molar-refractivity contribution >= 4 is 46.0 Å². The molecule has 0 aliphatic heterocycles. The number of hydrogen-bond donors (Lipinski definition) is 1. The zero-order valence-corrected chi connectivity index (χ0v) is 15.9. The van der Waals surface area contributed by atoms with Crippen LogP contribution in [0.3, 0.4) is 0 Å². The van der Waals surface area contributed by atoms with Gasteiger partial charge in [-0.1, -0.05) is 23.9 Å². The molecule has 3 rings (SSSR count). The molecule has 1 aliphatic carbocycles. The van der Waals surface area contributed by atoms with Crippen molar-refractivity contribution < 1.29 is 9.59 Å². The maximum Gasteiger partial charge on any atom is 0.219 e. The van der Waals surface area contributed by atoms with Crippen LogP contribution < -0.4 is 5.73 Å². The van der Waals surface area contributed by atoms with E-state index in [0.717, 1.165) is 22.2 Å². The van der Waals surface area contributed by atoms with Gasteiger partial charge in [-0.05, 0) is 47.6 Å². The lowest BCUT2D eigenvalue weighted by atomic mass is 10.2. The highest BCUT2D eigenvalue weighted by Gasteiger charge is 2.30. The molecule has 1 heterocycles. The number of carbonyl (C=O) groups excluding carboxylic acids is 2. The summed E-state index contributed by atoms with van der Waals surface area (Å²) >= 11 is 3.57. The molecule has 6 nitrogen and oxygen atoms in total. The molecule has 1 aliphatic rings. The van der Waals surface area contributed by atoms with Gasteiger partial charge < -0.3 is 10.3 Å². The molecule has 8 heteroatoms. The first kappa shape index (κ1) is 17.4. The van der Waals surface area contributed by atoms with E-state index in [1.54, 1.807) is 0 Å². The third kappa shape index (κ3) is 4.35. The number of amides is 1. The maximum atomic E-state index is 12.3. The van der Waals surface area contributed by atoms with Crippen molar-refractivity contribution in [1.29, 1.82) is 0 Å². The maximum absolute atomic E-state index is 12.3. The summed E-state index contributed by atoms with van der Waals surface area (Å²) in [7, 11) is 0. The first-order chi connectivity index (χ1) is 11.5. The van der Waals surface area contributed by atoms with E-state index in [1.165, 1.54) is 11.8 Å². The van der Waals surface area contributed by atoms with Crippen LogP contribution in [0.15, 0.2) is 29.4 Å². The van der Waals surface area contributed by atoms with Crippen LogP contribution in [0.1, 0.15) is 41.4 Å². The number of hydrogen-bond acceptors (Lipinski definition) is 5. The van der Waals surface area contributed by atoms with Crippen LogP contribution in [0.5, 0.6) is 0 Å². The number of Topliss-reactive ketones (excluding diaryl/α,β-unsaturated/α-hetero) is 1. The normalized spacial score (nSPS) is 13.9. The molecular weight excluding hydrogens is 439 g/mol. The van der Waals surface area contributed by atoms with Crippen molar-refractivity contribution in [3.05, 3.63) is 39.2 Å². The molecule has 0 radical (unpaired) electrons. The Balaban J connectivity index is 1.68. The highest BCUT2D eigenvalue weighted by molar-refractivity contribution is 14.1. The second-order valence-electron chi connectivity index (χ2n) is 5.70. The SMILES string of the molecule is NC(=O)CCn1c(SCC(=O)c2ccc(I)cc2)nnc1C1CC1. The van der Waals surface area contributed by atoms with Crippen LogP contribution >= 0.6 is 34.4 Å². The van der Waals surface area contributed by atoms with Crippen LogP contribution in [0, 0.1) is 3.57 Å². The van der Waals surface area contributed by atoms with Crippen LogP contribution in [0.25, 0.3) is 0 Å². The van der Waals surface area contributed by atoms with Crippen molar-refractivity contribution in [2.75, 3.05) is 5.75 Å². The summed E-state index contributed by atoms with van der Waals surface area (Å²) in [5.41, 5.74) is 5.95. The quantitative estimate of drug-likeness (QED) is 0.375. The zero-order chi connectivity index (χ0) is 17.1. The Bertz CT molecular complexity index is 756. The number of primary amides is 1. The van der Waals surface area contributed by atoms with Crippen molar-refractivity contribution in [3.8, 4) is 0 Å². The van der Waals surface area contributed by atoms with Crippen molar-refractivity contribution in [1.82, 2.24) is 14.8 Å². The zero-order valence-electron chi connectivity index (χ0n) is 12.9. The smallest absolute Gasteiger partial charge is 0.219 e. The number of nitrogens with zero attached hydrogens (tertiary/aromatic N) is 3. The fourth-order valence-corrected chi connectivity index (χ4v) is 3.56. The van der Waals surface area contributed by atoms with Gasteiger partial charge in [0, 0.05) is 28.0 Å². The van der Waals surface area contributed by atoms with Crippen molar-refractivity contribution in [3.63, 3.8) is 0 Å². The van der Waals surface area contributed by atoms with E-state index in [1.807, 2.05) is 28.8 Å². The number of rotatable bonds is 8. The van der Waals surface area contributed by atoms with Crippen LogP contribution in [-0.4, -0.2) is 32.2 Å². The van der Waals surface area contributed by atoms with E-state index in [2.05, 4.69) is 32.8 Å². The Hall–Kier alpha value is -1.42. The Morgan fingerprint density at radius 3 is 2.58 bits per heavy atom. The van der Waals surface area contributed by atoms with E-state index < -0.39 is 0 Å². The Kier molecular flexibility index (Phi) is 5.54. The number of benzene rings is 1. The lowest BCUT2D eigenvalue weighted by molar-refractivity contribution is -0.118. The van der Waals surface area contributed by atoms with Gasteiger partial charge in [0.15, 0.2) is 10.9 Å². The topological polar surface area (TPSA) is 90.9 Å². The molecule has 1 saturated carbocycles.